The minimum atomic E-state index is -0.00210. The number of aromatic nitrogens is 2. The number of nitrogens with zero attached hydrogens (tertiary/aromatic N) is 3. The average Bonchev–Trinajstić information content (AvgIpc) is 3.69. The van der Waals surface area contributed by atoms with Gasteiger partial charge in [-0.15, -0.1) is 0 Å². The average molecular weight is 872 g/mol. The molecule has 364 valence electrons. The topological polar surface area (TPSA) is 73.7 Å². The standard InChI is InChI=1S/C55H105N3O4/c1-6-10-14-18-20-24-30-39-52(37-28-22-16-12-8-3)49-61-54(59)41-32-26-34-44-57(46-36-47-58-48-43-56-51(58)5)45-35-27-33-42-55(60)62-50-53(38-29-23-17-13-9-4)40-31-25-21-19-15-11-7-2/h43,48,52-53H,6-42,44-47,49-50H2,1-5H3. The predicted molar refractivity (Wildman–Crippen MR) is 266 cm³/mol. The lowest BCUT2D eigenvalue weighted by atomic mass is 9.95. The lowest BCUT2D eigenvalue weighted by Gasteiger charge is -2.22. The molecular formula is C55H105N3O4. The second kappa shape index (κ2) is 44.3. The first-order valence-corrected chi connectivity index (χ1v) is 27.4. The first kappa shape index (κ1) is 58.1. The molecule has 0 spiro atoms. The van der Waals surface area contributed by atoms with Crippen molar-refractivity contribution in [1.29, 1.82) is 0 Å². The maximum atomic E-state index is 12.8. The molecule has 0 fully saturated rings. The Labute approximate surface area is 385 Å². The van der Waals surface area contributed by atoms with Crippen molar-refractivity contribution in [3.05, 3.63) is 18.2 Å². The van der Waals surface area contributed by atoms with Crippen LogP contribution in [0.5, 0.6) is 0 Å². The van der Waals surface area contributed by atoms with Gasteiger partial charge in [0.1, 0.15) is 5.82 Å². The third kappa shape index (κ3) is 36.4. The van der Waals surface area contributed by atoms with Gasteiger partial charge in [0, 0.05) is 31.8 Å². The van der Waals surface area contributed by atoms with Crippen molar-refractivity contribution < 1.29 is 19.1 Å². The number of aryl methyl sites for hydroxylation is 2. The van der Waals surface area contributed by atoms with Crippen molar-refractivity contribution in [2.75, 3.05) is 32.8 Å². The van der Waals surface area contributed by atoms with Crippen molar-refractivity contribution in [1.82, 2.24) is 14.5 Å². The largest absolute Gasteiger partial charge is 0.465 e. The van der Waals surface area contributed by atoms with E-state index in [1.807, 2.05) is 6.20 Å². The van der Waals surface area contributed by atoms with Crippen LogP contribution < -0.4 is 0 Å². The van der Waals surface area contributed by atoms with Gasteiger partial charge in [0.15, 0.2) is 0 Å². The number of ether oxygens (including phenoxy) is 2. The van der Waals surface area contributed by atoms with Gasteiger partial charge < -0.3 is 18.9 Å². The van der Waals surface area contributed by atoms with Crippen LogP contribution in [0.4, 0.5) is 0 Å². The van der Waals surface area contributed by atoms with Gasteiger partial charge in [0.25, 0.3) is 0 Å². The van der Waals surface area contributed by atoms with E-state index >= 15 is 0 Å². The summed E-state index contributed by atoms with van der Waals surface area (Å²) in [6.07, 6.45) is 48.8. The third-order valence-corrected chi connectivity index (χ3v) is 13.3. The number of esters is 2. The zero-order chi connectivity index (χ0) is 45.0. The molecule has 0 amide bonds. The number of hydrogen-bond donors (Lipinski definition) is 0. The molecule has 0 bridgehead atoms. The van der Waals surface area contributed by atoms with Gasteiger partial charge in [-0.05, 0) is 96.2 Å². The van der Waals surface area contributed by atoms with E-state index in [2.05, 4.69) is 55.3 Å². The van der Waals surface area contributed by atoms with Crippen LogP contribution in [-0.4, -0.2) is 59.2 Å². The highest BCUT2D eigenvalue weighted by molar-refractivity contribution is 5.69. The number of carbonyl (C=O) groups is 2. The molecule has 7 heteroatoms. The summed E-state index contributed by atoms with van der Waals surface area (Å²) in [4.78, 5) is 32.7. The van der Waals surface area contributed by atoms with E-state index < -0.39 is 0 Å². The molecule has 1 aromatic heterocycles. The fraction of sp³-hybridized carbons (Fsp3) is 0.909. The Kier molecular flexibility index (Phi) is 41.6. The van der Waals surface area contributed by atoms with Crippen LogP contribution in [0.3, 0.4) is 0 Å². The molecule has 0 radical (unpaired) electrons. The molecule has 0 N–H and O–H groups in total. The molecular weight excluding hydrogens is 767 g/mol. The van der Waals surface area contributed by atoms with Gasteiger partial charge in [0.05, 0.1) is 13.2 Å². The van der Waals surface area contributed by atoms with Crippen molar-refractivity contribution in [3.63, 3.8) is 0 Å². The van der Waals surface area contributed by atoms with Crippen LogP contribution in [0, 0.1) is 18.8 Å². The summed E-state index contributed by atoms with van der Waals surface area (Å²) in [7, 11) is 0. The molecule has 0 aliphatic heterocycles. The third-order valence-electron chi connectivity index (χ3n) is 13.3. The zero-order valence-electron chi connectivity index (χ0n) is 42.2. The minimum absolute atomic E-state index is 0.00210. The molecule has 0 aliphatic carbocycles. The maximum absolute atomic E-state index is 12.8. The van der Waals surface area contributed by atoms with Crippen LogP contribution in [0.1, 0.15) is 271 Å². The van der Waals surface area contributed by atoms with Gasteiger partial charge >= 0.3 is 11.9 Å². The van der Waals surface area contributed by atoms with Crippen molar-refractivity contribution in [2.45, 2.75) is 279 Å². The molecule has 0 saturated heterocycles. The second-order valence-electron chi connectivity index (χ2n) is 19.3. The summed E-state index contributed by atoms with van der Waals surface area (Å²) >= 11 is 0. The number of unbranched alkanes of at least 4 members (excludes halogenated alkanes) is 24. The van der Waals surface area contributed by atoms with E-state index in [4.69, 9.17) is 9.47 Å². The Hall–Kier alpha value is -1.89. The number of rotatable bonds is 48. The highest BCUT2D eigenvalue weighted by Gasteiger charge is 2.15. The molecule has 62 heavy (non-hydrogen) atoms. The zero-order valence-corrected chi connectivity index (χ0v) is 42.2. The van der Waals surface area contributed by atoms with Crippen LogP contribution in [-0.2, 0) is 25.6 Å². The Morgan fingerprint density at radius 3 is 1.18 bits per heavy atom. The molecule has 0 saturated carbocycles. The van der Waals surface area contributed by atoms with Crippen molar-refractivity contribution in [3.8, 4) is 0 Å². The minimum Gasteiger partial charge on any atom is -0.465 e. The Morgan fingerprint density at radius 1 is 0.484 bits per heavy atom. The number of hydrogen-bond acceptors (Lipinski definition) is 6. The van der Waals surface area contributed by atoms with Crippen molar-refractivity contribution in [2.24, 2.45) is 11.8 Å². The fourth-order valence-electron chi connectivity index (χ4n) is 9.04. The normalized spacial score (nSPS) is 12.6. The Bertz CT molecular complexity index is 1050. The number of carbonyl (C=O) groups excluding carboxylic acids is 2. The summed E-state index contributed by atoms with van der Waals surface area (Å²) in [5.41, 5.74) is 0. The summed E-state index contributed by atoms with van der Waals surface area (Å²) in [5.74, 6) is 2.11. The summed E-state index contributed by atoms with van der Waals surface area (Å²) in [6, 6.07) is 0. The van der Waals surface area contributed by atoms with Gasteiger partial charge in [-0.3, -0.25) is 9.59 Å². The molecule has 0 aromatic carbocycles. The van der Waals surface area contributed by atoms with Gasteiger partial charge in [-0.25, -0.2) is 4.98 Å². The highest BCUT2D eigenvalue weighted by Crippen LogP contribution is 2.22. The summed E-state index contributed by atoms with van der Waals surface area (Å²) < 4.78 is 14.1. The van der Waals surface area contributed by atoms with E-state index in [9.17, 15) is 9.59 Å². The van der Waals surface area contributed by atoms with E-state index in [0.29, 0.717) is 37.9 Å². The highest BCUT2D eigenvalue weighted by atomic mass is 16.5. The van der Waals surface area contributed by atoms with E-state index in [0.717, 1.165) is 76.9 Å². The van der Waals surface area contributed by atoms with E-state index in [-0.39, 0.29) is 11.9 Å². The molecule has 7 nitrogen and oxygen atoms in total. The van der Waals surface area contributed by atoms with Crippen molar-refractivity contribution >= 4 is 11.9 Å². The molecule has 1 aromatic rings. The maximum Gasteiger partial charge on any atom is 0.305 e. The monoisotopic (exact) mass is 872 g/mol. The molecule has 2 atom stereocenters. The molecule has 2 unspecified atom stereocenters. The first-order chi connectivity index (χ1) is 30.4. The van der Waals surface area contributed by atoms with Gasteiger partial charge in [-0.2, -0.15) is 0 Å². The van der Waals surface area contributed by atoms with Crippen LogP contribution in [0.15, 0.2) is 12.4 Å². The van der Waals surface area contributed by atoms with Gasteiger partial charge in [-0.1, -0.05) is 195 Å². The Balaban J connectivity index is 2.45. The second-order valence-corrected chi connectivity index (χ2v) is 19.3. The smallest absolute Gasteiger partial charge is 0.305 e. The predicted octanol–water partition coefficient (Wildman–Crippen LogP) is 16.3. The summed E-state index contributed by atoms with van der Waals surface area (Å²) in [6.45, 7) is 16.6. The van der Waals surface area contributed by atoms with E-state index in [1.165, 1.54) is 180 Å². The quantitative estimate of drug-likeness (QED) is 0.0480. The molecule has 1 rings (SSSR count). The lowest BCUT2D eigenvalue weighted by molar-refractivity contribution is -0.146. The van der Waals surface area contributed by atoms with E-state index in [1.54, 1.807) is 0 Å². The Morgan fingerprint density at radius 2 is 0.823 bits per heavy atom. The van der Waals surface area contributed by atoms with Gasteiger partial charge in [0.2, 0.25) is 0 Å². The van der Waals surface area contributed by atoms with Crippen LogP contribution >= 0.6 is 0 Å². The lowest BCUT2D eigenvalue weighted by Crippen LogP contribution is -2.28. The first-order valence-electron chi connectivity index (χ1n) is 27.4. The fourth-order valence-corrected chi connectivity index (χ4v) is 9.04. The number of imidazole rings is 1. The van der Waals surface area contributed by atoms with Crippen LogP contribution in [0.2, 0.25) is 0 Å². The molecule has 1 heterocycles. The SMILES string of the molecule is CCCCCCCCCC(CCCCCCC)COC(=O)CCCCCN(CCCCCC(=O)OCC(CCCCCCC)CCCCCCCCC)CCCn1ccnc1C. The molecule has 0 aliphatic rings. The van der Waals surface area contributed by atoms with Crippen LogP contribution in [0.25, 0.3) is 0 Å². The summed E-state index contributed by atoms with van der Waals surface area (Å²) in [5, 5.41) is 0.